The van der Waals surface area contributed by atoms with E-state index < -0.39 is 0 Å². The maximum absolute atomic E-state index is 9.12. The van der Waals surface area contributed by atoms with Crippen molar-refractivity contribution in [1.29, 1.82) is 5.26 Å². The molecule has 0 bridgehead atoms. The molecule has 1 N–H and O–H groups in total. The topological polar surface area (TPSA) is 35.8 Å². The summed E-state index contributed by atoms with van der Waals surface area (Å²) in [7, 11) is 0. The van der Waals surface area contributed by atoms with Crippen molar-refractivity contribution in [2.24, 2.45) is 0 Å². The van der Waals surface area contributed by atoms with E-state index in [1.807, 2.05) is 18.7 Å². The monoisotopic (exact) mass is 228 g/mol. The summed E-state index contributed by atoms with van der Waals surface area (Å²) < 4.78 is 0. The number of hydrogen-bond acceptors (Lipinski definition) is 3. The van der Waals surface area contributed by atoms with Crippen molar-refractivity contribution in [1.82, 2.24) is 5.32 Å². The van der Waals surface area contributed by atoms with E-state index >= 15 is 0 Å². The third-order valence-corrected chi connectivity index (χ3v) is 3.44. The molecule has 88 valence electrons. The predicted octanol–water partition coefficient (Wildman–Crippen LogP) is 3.19. The van der Waals surface area contributed by atoms with Crippen LogP contribution in [0, 0.1) is 11.3 Å². The zero-order valence-corrected chi connectivity index (χ0v) is 11.3. The minimum atomic E-state index is -0.346. The van der Waals surface area contributed by atoms with E-state index in [0.717, 1.165) is 12.8 Å². The predicted molar refractivity (Wildman–Crippen MR) is 69.1 cm³/mol. The summed E-state index contributed by atoms with van der Waals surface area (Å²) >= 11 is 1.99. The van der Waals surface area contributed by atoms with Crippen LogP contribution in [0.1, 0.15) is 47.0 Å². The van der Waals surface area contributed by atoms with Gasteiger partial charge in [-0.05, 0) is 51.5 Å². The van der Waals surface area contributed by atoms with E-state index in [0.29, 0.717) is 6.04 Å². The van der Waals surface area contributed by atoms with Gasteiger partial charge in [0.2, 0.25) is 0 Å². The minimum Gasteiger partial charge on any atom is -0.297 e. The van der Waals surface area contributed by atoms with Crippen LogP contribution in [0.4, 0.5) is 0 Å². The van der Waals surface area contributed by atoms with Crippen LogP contribution in [-0.4, -0.2) is 23.1 Å². The van der Waals surface area contributed by atoms with Gasteiger partial charge in [-0.25, -0.2) is 0 Å². The highest BCUT2D eigenvalue weighted by atomic mass is 32.2. The SMILES string of the molecule is CCCSCCCC(C)(C#N)NC(C)C. The Hall–Kier alpha value is -0.200. The molecule has 0 aromatic heterocycles. The first-order valence-electron chi connectivity index (χ1n) is 5.80. The van der Waals surface area contributed by atoms with Crippen molar-refractivity contribution in [3.8, 4) is 6.07 Å². The van der Waals surface area contributed by atoms with Gasteiger partial charge in [-0.1, -0.05) is 6.92 Å². The second kappa shape index (κ2) is 8.01. The molecule has 1 unspecified atom stereocenters. The number of nitrogens with one attached hydrogen (secondary N) is 1. The maximum atomic E-state index is 9.12. The van der Waals surface area contributed by atoms with Crippen molar-refractivity contribution in [3.05, 3.63) is 0 Å². The first-order valence-corrected chi connectivity index (χ1v) is 6.96. The molecule has 3 heteroatoms. The van der Waals surface area contributed by atoms with Crippen molar-refractivity contribution in [2.45, 2.75) is 58.5 Å². The smallest absolute Gasteiger partial charge is 0.104 e. The molecule has 0 saturated heterocycles. The zero-order valence-electron chi connectivity index (χ0n) is 10.5. The van der Waals surface area contributed by atoms with E-state index in [4.69, 9.17) is 5.26 Å². The van der Waals surface area contributed by atoms with Gasteiger partial charge in [0.1, 0.15) is 5.54 Å². The van der Waals surface area contributed by atoms with Gasteiger partial charge in [0.15, 0.2) is 0 Å². The van der Waals surface area contributed by atoms with Crippen LogP contribution in [-0.2, 0) is 0 Å². The summed E-state index contributed by atoms with van der Waals surface area (Å²) in [6.45, 7) is 8.37. The maximum Gasteiger partial charge on any atom is 0.104 e. The van der Waals surface area contributed by atoms with E-state index in [2.05, 4.69) is 32.2 Å². The molecule has 0 aliphatic carbocycles. The molecule has 1 atom stereocenters. The highest BCUT2D eigenvalue weighted by Gasteiger charge is 2.23. The number of rotatable bonds is 8. The normalized spacial score (nSPS) is 14.9. The van der Waals surface area contributed by atoms with Crippen LogP contribution in [0.25, 0.3) is 0 Å². The summed E-state index contributed by atoms with van der Waals surface area (Å²) in [6.07, 6.45) is 3.30. The van der Waals surface area contributed by atoms with Crippen molar-refractivity contribution in [2.75, 3.05) is 11.5 Å². The lowest BCUT2D eigenvalue weighted by Gasteiger charge is -2.25. The summed E-state index contributed by atoms with van der Waals surface area (Å²) in [4.78, 5) is 0. The molecule has 0 spiro atoms. The molecule has 0 fully saturated rings. The fourth-order valence-corrected chi connectivity index (χ4v) is 2.41. The fourth-order valence-electron chi connectivity index (χ4n) is 1.57. The zero-order chi connectivity index (χ0) is 11.7. The molecule has 0 amide bonds. The van der Waals surface area contributed by atoms with Crippen LogP contribution >= 0.6 is 11.8 Å². The van der Waals surface area contributed by atoms with Gasteiger partial charge in [0.25, 0.3) is 0 Å². The Morgan fingerprint density at radius 2 is 2.07 bits per heavy atom. The largest absolute Gasteiger partial charge is 0.297 e. The average molecular weight is 228 g/mol. The first kappa shape index (κ1) is 14.8. The van der Waals surface area contributed by atoms with Crippen LogP contribution in [0.3, 0.4) is 0 Å². The third kappa shape index (κ3) is 7.70. The van der Waals surface area contributed by atoms with E-state index in [-0.39, 0.29) is 5.54 Å². The van der Waals surface area contributed by atoms with Crippen molar-refractivity contribution < 1.29 is 0 Å². The molecular formula is C12H24N2S. The van der Waals surface area contributed by atoms with Gasteiger partial charge >= 0.3 is 0 Å². The Bertz CT molecular complexity index is 198. The molecule has 0 aromatic carbocycles. The van der Waals surface area contributed by atoms with Crippen molar-refractivity contribution in [3.63, 3.8) is 0 Å². The van der Waals surface area contributed by atoms with Gasteiger partial charge in [-0.2, -0.15) is 17.0 Å². The Balaban J connectivity index is 3.74. The first-order chi connectivity index (χ1) is 7.04. The van der Waals surface area contributed by atoms with Gasteiger partial charge in [-0.15, -0.1) is 0 Å². The molecule has 0 rings (SSSR count). The highest BCUT2D eigenvalue weighted by Crippen LogP contribution is 2.15. The lowest BCUT2D eigenvalue weighted by molar-refractivity contribution is 0.380. The highest BCUT2D eigenvalue weighted by molar-refractivity contribution is 7.99. The lowest BCUT2D eigenvalue weighted by atomic mass is 9.97. The molecule has 0 heterocycles. The van der Waals surface area contributed by atoms with Crippen LogP contribution in [0.2, 0.25) is 0 Å². The summed E-state index contributed by atoms with van der Waals surface area (Å²) in [5, 5.41) is 12.4. The van der Waals surface area contributed by atoms with Gasteiger partial charge in [-0.3, -0.25) is 5.32 Å². The van der Waals surface area contributed by atoms with E-state index in [1.165, 1.54) is 17.9 Å². The Morgan fingerprint density at radius 3 is 2.53 bits per heavy atom. The molecule has 0 aliphatic rings. The number of nitriles is 1. The van der Waals surface area contributed by atoms with E-state index in [1.54, 1.807) is 0 Å². The van der Waals surface area contributed by atoms with Crippen LogP contribution in [0.15, 0.2) is 0 Å². The summed E-state index contributed by atoms with van der Waals surface area (Å²) in [5.74, 6) is 2.41. The molecule has 2 nitrogen and oxygen atoms in total. The van der Waals surface area contributed by atoms with Gasteiger partial charge in [0, 0.05) is 6.04 Å². The van der Waals surface area contributed by atoms with Crippen LogP contribution in [0.5, 0.6) is 0 Å². The van der Waals surface area contributed by atoms with Crippen molar-refractivity contribution >= 4 is 11.8 Å². The molecule has 0 aromatic rings. The van der Waals surface area contributed by atoms with E-state index in [9.17, 15) is 0 Å². The van der Waals surface area contributed by atoms with Gasteiger partial charge in [0.05, 0.1) is 6.07 Å². The molecular weight excluding hydrogens is 204 g/mol. The fraction of sp³-hybridized carbons (Fsp3) is 0.917. The number of thioether (sulfide) groups is 1. The number of nitrogens with zero attached hydrogens (tertiary/aromatic N) is 1. The summed E-state index contributed by atoms with van der Waals surface area (Å²) in [5.41, 5.74) is -0.346. The lowest BCUT2D eigenvalue weighted by Crippen LogP contribution is -2.44. The minimum absolute atomic E-state index is 0.346. The molecule has 15 heavy (non-hydrogen) atoms. The standard InChI is InChI=1S/C12H24N2S/c1-5-8-15-9-6-7-12(4,10-13)14-11(2)3/h11,14H,5-9H2,1-4H3. The molecule has 0 radical (unpaired) electrons. The molecule has 0 aliphatic heterocycles. The van der Waals surface area contributed by atoms with Crippen LogP contribution < -0.4 is 5.32 Å². The number of hydrogen-bond donors (Lipinski definition) is 1. The second-order valence-corrected chi connectivity index (χ2v) is 5.68. The van der Waals surface area contributed by atoms with Gasteiger partial charge < -0.3 is 0 Å². The third-order valence-electron chi connectivity index (χ3n) is 2.17. The Labute approximate surface area is 98.8 Å². The summed E-state index contributed by atoms with van der Waals surface area (Å²) in [6, 6.07) is 2.75. The average Bonchev–Trinajstić information content (AvgIpc) is 2.16. The molecule has 0 saturated carbocycles. The quantitative estimate of drug-likeness (QED) is 0.648. The second-order valence-electron chi connectivity index (χ2n) is 4.46. The Kier molecular flexibility index (Phi) is 7.90. The Morgan fingerprint density at radius 1 is 1.40 bits per heavy atom.